The second kappa shape index (κ2) is 5.30. The first-order chi connectivity index (χ1) is 9.65. The molecular formula is C13H9ClFN3OS. The zero-order chi connectivity index (χ0) is 14.1. The molecule has 0 spiro atoms. The van der Waals surface area contributed by atoms with Crippen LogP contribution in [-0.2, 0) is 0 Å². The van der Waals surface area contributed by atoms with Crippen LogP contribution in [-0.4, -0.2) is 22.1 Å². The number of ether oxygens (including phenoxy) is 1. The minimum Gasteiger partial charge on any atom is -0.497 e. The van der Waals surface area contributed by atoms with Gasteiger partial charge in [0.25, 0.3) is 0 Å². The number of aromatic amines is 1. The molecule has 20 heavy (non-hydrogen) atoms. The number of nitrogens with zero attached hydrogens (tertiary/aromatic N) is 2. The van der Waals surface area contributed by atoms with E-state index >= 15 is 0 Å². The van der Waals surface area contributed by atoms with Crippen LogP contribution < -0.4 is 4.74 Å². The zero-order valence-electron chi connectivity index (χ0n) is 10.4. The quantitative estimate of drug-likeness (QED) is 0.797. The molecule has 0 radical (unpaired) electrons. The maximum atomic E-state index is 13.7. The first kappa shape index (κ1) is 13.2. The average Bonchev–Trinajstić information content (AvgIpc) is 2.83. The van der Waals surface area contributed by atoms with Crippen molar-refractivity contribution in [3.8, 4) is 5.75 Å². The minimum atomic E-state index is -0.472. The molecule has 0 unspecified atom stereocenters. The Hall–Kier alpha value is -1.79. The van der Waals surface area contributed by atoms with Crippen LogP contribution in [0.25, 0.3) is 11.0 Å². The third kappa shape index (κ3) is 2.57. The van der Waals surface area contributed by atoms with Crippen molar-refractivity contribution in [1.29, 1.82) is 0 Å². The van der Waals surface area contributed by atoms with E-state index in [9.17, 15) is 4.39 Å². The van der Waals surface area contributed by atoms with E-state index in [0.717, 1.165) is 28.5 Å². The summed E-state index contributed by atoms with van der Waals surface area (Å²) in [6, 6.07) is 6.71. The van der Waals surface area contributed by atoms with Crippen molar-refractivity contribution in [1.82, 2.24) is 15.0 Å². The lowest BCUT2D eigenvalue weighted by atomic mass is 10.3. The minimum absolute atomic E-state index is 0.223. The predicted octanol–water partition coefficient (Wildman–Crippen LogP) is 3.91. The summed E-state index contributed by atoms with van der Waals surface area (Å²) in [6.45, 7) is 0. The van der Waals surface area contributed by atoms with E-state index in [-0.39, 0.29) is 10.0 Å². The van der Waals surface area contributed by atoms with E-state index in [1.807, 2.05) is 18.2 Å². The number of pyridine rings is 1. The van der Waals surface area contributed by atoms with Crippen molar-refractivity contribution in [2.45, 2.75) is 10.2 Å². The monoisotopic (exact) mass is 309 g/mol. The van der Waals surface area contributed by atoms with Gasteiger partial charge in [0.15, 0.2) is 11.0 Å². The number of nitrogens with one attached hydrogen (secondary N) is 1. The van der Waals surface area contributed by atoms with Crippen molar-refractivity contribution in [2.75, 3.05) is 7.11 Å². The molecule has 0 saturated carbocycles. The van der Waals surface area contributed by atoms with Gasteiger partial charge < -0.3 is 9.72 Å². The number of aromatic nitrogens is 3. The van der Waals surface area contributed by atoms with Gasteiger partial charge in [0, 0.05) is 12.3 Å². The van der Waals surface area contributed by atoms with Crippen molar-refractivity contribution in [3.63, 3.8) is 0 Å². The lowest BCUT2D eigenvalue weighted by molar-refractivity contribution is 0.415. The van der Waals surface area contributed by atoms with Gasteiger partial charge in [-0.15, -0.1) is 0 Å². The number of fused-ring (bicyclic) bond motifs is 1. The number of hydrogen-bond donors (Lipinski definition) is 1. The third-order valence-electron chi connectivity index (χ3n) is 2.63. The maximum absolute atomic E-state index is 13.7. The molecule has 4 nitrogen and oxygen atoms in total. The molecule has 0 bridgehead atoms. The molecule has 3 aromatic rings. The second-order valence-electron chi connectivity index (χ2n) is 3.97. The molecule has 1 aromatic carbocycles. The number of benzene rings is 1. The smallest absolute Gasteiger partial charge is 0.172 e. The van der Waals surface area contributed by atoms with E-state index in [4.69, 9.17) is 16.3 Å². The van der Waals surface area contributed by atoms with Gasteiger partial charge in [-0.2, -0.15) is 0 Å². The largest absolute Gasteiger partial charge is 0.497 e. The molecule has 0 aliphatic rings. The van der Waals surface area contributed by atoms with Crippen LogP contribution in [0.2, 0.25) is 5.02 Å². The first-order valence-electron chi connectivity index (χ1n) is 5.68. The molecule has 2 heterocycles. The molecule has 2 aromatic heterocycles. The van der Waals surface area contributed by atoms with Gasteiger partial charge >= 0.3 is 0 Å². The number of imidazole rings is 1. The fraction of sp³-hybridized carbons (Fsp3) is 0.0769. The molecule has 0 aliphatic heterocycles. The van der Waals surface area contributed by atoms with Gasteiger partial charge in [-0.3, -0.25) is 0 Å². The van der Waals surface area contributed by atoms with Crippen molar-refractivity contribution >= 4 is 34.4 Å². The molecule has 0 aliphatic carbocycles. The molecular weight excluding hydrogens is 301 g/mol. The lowest BCUT2D eigenvalue weighted by Gasteiger charge is -1.99. The van der Waals surface area contributed by atoms with Crippen LogP contribution in [0.3, 0.4) is 0 Å². The Morgan fingerprint density at radius 1 is 1.35 bits per heavy atom. The van der Waals surface area contributed by atoms with Crippen molar-refractivity contribution in [2.24, 2.45) is 0 Å². The number of hydrogen-bond acceptors (Lipinski definition) is 4. The summed E-state index contributed by atoms with van der Waals surface area (Å²) in [5.41, 5.74) is 1.60. The van der Waals surface area contributed by atoms with Gasteiger partial charge in [-0.05, 0) is 30.0 Å². The molecule has 0 fully saturated rings. The topological polar surface area (TPSA) is 50.8 Å². The average molecular weight is 310 g/mol. The van der Waals surface area contributed by atoms with E-state index in [1.165, 1.54) is 12.3 Å². The number of rotatable bonds is 3. The second-order valence-corrected chi connectivity index (χ2v) is 5.38. The van der Waals surface area contributed by atoms with Gasteiger partial charge in [0.2, 0.25) is 0 Å². The molecule has 0 saturated heterocycles. The molecule has 3 rings (SSSR count). The Balaban J connectivity index is 1.94. The van der Waals surface area contributed by atoms with E-state index in [2.05, 4.69) is 15.0 Å². The Bertz CT molecular complexity index is 777. The first-order valence-corrected chi connectivity index (χ1v) is 6.88. The molecule has 0 atom stereocenters. The Morgan fingerprint density at radius 2 is 2.20 bits per heavy atom. The molecule has 102 valence electrons. The van der Waals surface area contributed by atoms with Gasteiger partial charge in [0.05, 0.1) is 23.2 Å². The predicted molar refractivity (Wildman–Crippen MR) is 76.0 cm³/mol. The highest BCUT2D eigenvalue weighted by atomic mass is 35.5. The fourth-order valence-corrected chi connectivity index (χ4v) is 2.60. The number of H-pyrrole nitrogens is 1. The molecule has 1 N–H and O–H groups in total. The summed E-state index contributed by atoms with van der Waals surface area (Å²) in [7, 11) is 1.60. The standard InChI is InChI=1S/C13H9ClFN3OS/c1-19-8-2-3-10-11(5-8)18-13(17-10)20-12-9(15)4-7(14)6-16-12/h2-6H,1H3,(H,17,18). The van der Waals surface area contributed by atoms with Crippen LogP contribution in [0.15, 0.2) is 40.6 Å². The van der Waals surface area contributed by atoms with Crippen LogP contribution >= 0.6 is 23.4 Å². The summed E-state index contributed by atoms with van der Waals surface area (Å²) in [5, 5.41) is 1.04. The highest BCUT2D eigenvalue weighted by Crippen LogP contribution is 2.29. The number of halogens is 2. The Kier molecular flexibility index (Phi) is 3.50. The van der Waals surface area contributed by atoms with Crippen LogP contribution in [0.4, 0.5) is 4.39 Å². The van der Waals surface area contributed by atoms with Crippen molar-refractivity contribution in [3.05, 3.63) is 41.3 Å². The summed E-state index contributed by atoms with van der Waals surface area (Å²) < 4.78 is 18.8. The van der Waals surface area contributed by atoms with E-state index < -0.39 is 5.82 Å². The van der Waals surface area contributed by atoms with E-state index in [1.54, 1.807) is 7.11 Å². The van der Waals surface area contributed by atoms with E-state index in [0.29, 0.717) is 5.16 Å². The summed E-state index contributed by atoms with van der Waals surface area (Å²) in [6.07, 6.45) is 1.40. The highest BCUT2D eigenvalue weighted by Gasteiger charge is 2.10. The van der Waals surface area contributed by atoms with Gasteiger partial charge in [-0.1, -0.05) is 11.6 Å². The summed E-state index contributed by atoms with van der Waals surface area (Å²) in [5.74, 6) is 0.258. The maximum Gasteiger partial charge on any atom is 0.172 e. The normalized spacial score (nSPS) is 10.9. The van der Waals surface area contributed by atoms with Crippen LogP contribution in [0.1, 0.15) is 0 Å². The zero-order valence-corrected chi connectivity index (χ0v) is 11.9. The number of methoxy groups -OCH3 is 1. The van der Waals surface area contributed by atoms with Crippen LogP contribution in [0.5, 0.6) is 5.75 Å². The molecule has 7 heteroatoms. The highest BCUT2D eigenvalue weighted by molar-refractivity contribution is 7.99. The summed E-state index contributed by atoms with van der Waals surface area (Å²) >= 11 is 6.78. The third-order valence-corrected chi connectivity index (χ3v) is 3.72. The van der Waals surface area contributed by atoms with Crippen molar-refractivity contribution < 1.29 is 9.13 Å². The van der Waals surface area contributed by atoms with Crippen LogP contribution in [0, 0.1) is 5.82 Å². The fourth-order valence-electron chi connectivity index (χ4n) is 1.71. The van der Waals surface area contributed by atoms with Gasteiger partial charge in [0.1, 0.15) is 10.8 Å². The SMILES string of the molecule is COc1ccc2nc(Sc3ncc(Cl)cc3F)[nH]c2c1. The summed E-state index contributed by atoms with van der Waals surface area (Å²) in [4.78, 5) is 11.4. The Morgan fingerprint density at radius 3 is 2.95 bits per heavy atom. The lowest BCUT2D eigenvalue weighted by Crippen LogP contribution is -1.87. The van der Waals surface area contributed by atoms with Gasteiger partial charge in [-0.25, -0.2) is 14.4 Å². The Labute approximate surface area is 123 Å². The molecule has 0 amide bonds.